The standard InChI is InChI=1S/C21H14BrN5O6S.C3H7NO/c22-13-3-8-16(9-4-13)34(32,33)26-14-5-1-12(2-6-14)20(28)25-24-19-17-11-15(27(30)31)7-10-18(17)23-21(19)29;1-4(2)3-5/h1-11,23,26,29H;3H,1-2H3. The van der Waals surface area contributed by atoms with Gasteiger partial charge in [0.2, 0.25) is 12.3 Å². The molecule has 0 unspecified atom stereocenters. The molecule has 13 nitrogen and oxygen atoms in total. The monoisotopic (exact) mass is 616 g/mol. The molecule has 0 saturated carbocycles. The van der Waals surface area contributed by atoms with E-state index in [0.29, 0.717) is 5.52 Å². The molecule has 0 bridgehead atoms. The van der Waals surface area contributed by atoms with Crippen LogP contribution in [0.2, 0.25) is 0 Å². The van der Waals surface area contributed by atoms with Crippen molar-refractivity contribution < 1.29 is 28.0 Å². The summed E-state index contributed by atoms with van der Waals surface area (Å²) in [6, 6.07) is 15.5. The van der Waals surface area contributed by atoms with Crippen molar-refractivity contribution in [3.05, 3.63) is 86.9 Å². The minimum absolute atomic E-state index is 0.0726. The van der Waals surface area contributed by atoms with Gasteiger partial charge in [0.1, 0.15) is 0 Å². The number of amides is 2. The maximum Gasteiger partial charge on any atom is 0.295 e. The minimum atomic E-state index is -3.82. The molecule has 0 aliphatic rings. The Morgan fingerprint density at radius 1 is 1.10 bits per heavy atom. The van der Waals surface area contributed by atoms with Crippen molar-refractivity contribution in [1.82, 2.24) is 9.88 Å². The molecule has 15 heteroatoms. The Balaban J connectivity index is 0.000000771. The Morgan fingerprint density at radius 3 is 2.28 bits per heavy atom. The van der Waals surface area contributed by atoms with E-state index < -0.39 is 26.7 Å². The molecule has 0 fully saturated rings. The summed E-state index contributed by atoms with van der Waals surface area (Å²) in [5.41, 5.74) is 0.395. The molecule has 3 aromatic carbocycles. The average Bonchev–Trinajstić information content (AvgIpc) is 3.22. The molecule has 1 aromatic heterocycles. The van der Waals surface area contributed by atoms with Crippen LogP contribution in [0, 0.1) is 10.1 Å². The smallest absolute Gasteiger partial charge is 0.295 e. The van der Waals surface area contributed by atoms with E-state index in [-0.39, 0.29) is 32.9 Å². The molecule has 0 radical (unpaired) electrons. The number of hydrogen-bond donors (Lipinski definition) is 3. The molecule has 39 heavy (non-hydrogen) atoms. The number of carbonyl (C=O) groups is 2. The second-order valence-electron chi connectivity index (χ2n) is 8.02. The minimum Gasteiger partial charge on any atom is -0.493 e. The fraction of sp³-hybridized carbons (Fsp3) is 0.0833. The van der Waals surface area contributed by atoms with E-state index in [1.54, 1.807) is 26.2 Å². The lowest BCUT2D eigenvalue weighted by molar-refractivity contribution is -0.384. The highest BCUT2D eigenvalue weighted by Gasteiger charge is 2.17. The first kappa shape index (κ1) is 28.9. The first-order valence-corrected chi connectivity index (χ1v) is 13.1. The molecular weight excluding hydrogens is 596 g/mol. The second-order valence-corrected chi connectivity index (χ2v) is 10.6. The Hall–Kier alpha value is -4.63. The quantitative estimate of drug-likeness (QED) is 0.113. The number of nitrogens with zero attached hydrogens (tertiary/aromatic N) is 4. The lowest BCUT2D eigenvalue weighted by Crippen LogP contribution is -2.12. The number of rotatable bonds is 7. The summed E-state index contributed by atoms with van der Waals surface area (Å²) in [7, 11) is -0.440. The van der Waals surface area contributed by atoms with E-state index in [9.17, 15) is 33.2 Å². The van der Waals surface area contributed by atoms with Crippen molar-refractivity contribution in [1.29, 1.82) is 0 Å². The third kappa shape index (κ3) is 7.45. The molecule has 1 heterocycles. The van der Waals surface area contributed by atoms with E-state index in [1.165, 1.54) is 59.5 Å². The van der Waals surface area contributed by atoms with Gasteiger partial charge in [-0.05, 0) is 54.6 Å². The number of benzene rings is 3. The van der Waals surface area contributed by atoms with Gasteiger partial charge in [-0.2, -0.15) is 0 Å². The number of nitrogens with one attached hydrogen (secondary N) is 2. The predicted octanol–water partition coefficient (Wildman–Crippen LogP) is 4.97. The first-order chi connectivity index (χ1) is 18.4. The Bertz CT molecular complexity index is 1650. The molecule has 0 aliphatic carbocycles. The zero-order valence-electron chi connectivity index (χ0n) is 20.4. The number of azo groups is 1. The zero-order chi connectivity index (χ0) is 28.7. The number of halogens is 1. The summed E-state index contributed by atoms with van der Waals surface area (Å²) in [5, 5.41) is 28.6. The van der Waals surface area contributed by atoms with E-state index in [2.05, 4.69) is 35.9 Å². The molecular formula is C24H21BrN6O7S. The van der Waals surface area contributed by atoms with Crippen molar-refractivity contribution >= 4 is 66.2 Å². The van der Waals surface area contributed by atoms with Crippen molar-refractivity contribution in [3.8, 4) is 5.88 Å². The fourth-order valence-corrected chi connectivity index (χ4v) is 4.35. The first-order valence-electron chi connectivity index (χ1n) is 10.9. The van der Waals surface area contributed by atoms with Crippen LogP contribution in [0.15, 0.2) is 86.3 Å². The van der Waals surface area contributed by atoms with E-state index in [4.69, 9.17) is 0 Å². The highest BCUT2D eigenvalue weighted by molar-refractivity contribution is 9.10. The summed E-state index contributed by atoms with van der Waals surface area (Å²) in [6.07, 6.45) is 0.750. The summed E-state index contributed by atoms with van der Waals surface area (Å²) in [5.74, 6) is -1.16. The van der Waals surface area contributed by atoms with Crippen LogP contribution in [0.5, 0.6) is 5.88 Å². The highest BCUT2D eigenvalue weighted by atomic mass is 79.9. The number of sulfonamides is 1. The molecule has 0 saturated heterocycles. The van der Waals surface area contributed by atoms with E-state index >= 15 is 0 Å². The Kier molecular flexibility index (Phi) is 9.11. The second kappa shape index (κ2) is 12.3. The van der Waals surface area contributed by atoms with Crippen LogP contribution >= 0.6 is 15.9 Å². The van der Waals surface area contributed by atoms with Gasteiger partial charge in [-0.3, -0.25) is 24.4 Å². The number of aromatic nitrogens is 1. The van der Waals surface area contributed by atoms with Crippen LogP contribution in [-0.2, 0) is 14.8 Å². The Labute approximate surface area is 230 Å². The molecule has 0 spiro atoms. The topological polar surface area (TPSA) is 187 Å². The number of hydrogen-bond acceptors (Lipinski definition) is 8. The fourth-order valence-electron chi connectivity index (χ4n) is 3.03. The molecule has 0 aliphatic heterocycles. The summed E-state index contributed by atoms with van der Waals surface area (Å²) < 4.78 is 28.1. The number of non-ortho nitro benzene ring substituents is 1. The van der Waals surface area contributed by atoms with Gasteiger partial charge in [0, 0.05) is 47.3 Å². The molecule has 2 amide bonds. The third-order valence-corrected chi connectivity index (χ3v) is 6.83. The largest absolute Gasteiger partial charge is 0.493 e. The number of fused-ring (bicyclic) bond motifs is 1. The average molecular weight is 617 g/mol. The van der Waals surface area contributed by atoms with Crippen LogP contribution < -0.4 is 4.72 Å². The highest BCUT2D eigenvalue weighted by Crippen LogP contribution is 2.37. The van der Waals surface area contributed by atoms with Gasteiger partial charge in [0.25, 0.3) is 21.6 Å². The van der Waals surface area contributed by atoms with Crippen molar-refractivity contribution in [3.63, 3.8) is 0 Å². The molecule has 0 atom stereocenters. The number of nitro groups is 1. The maximum absolute atomic E-state index is 12.5. The van der Waals surface area contributed by atoms with Crippen molar-refractivity contribution in [2.24, 2.45) is 10.2 Å². The SMILES string of the molecule is CN(C)C=O.O=C(N=Nc1c(O)[nH]c2ccc([N+](=O)[O-])cc12)c1ccc(NS(=O)(=O)c2ccc(Br)cc2)cc1. The van der Waals surface area contributed by atoms with Gasteiger partial charge in [-0.1, -0.05) is 15.9 Å². The number of anilines is 1. The van der Waals surface area contributed by atoms with Crippen LogP contribution in [0.3, 0.4) is 0 Å². The van der Waals surface area contributed by atoms with Gasteiger partial charge in [-0.25, -0.2) is 8.42 Å². The van der Waals surface area contributed by atoms with Gasteiger partial charge in [0.15, 0.2) is 5.69 Å². The van der Waals surface area contributed by atoms with Crippen molar-refractivity contribution in [2.75, 3.05) is 18.8 Å². The summed E-state index contributed by atoms with van der Waals surface area (Å²) in [4.78, 5) is 36.4. The maximum atomic E-state index is 12.5. The van der Waals surface area contributed by atoms with Gasteiger partial charge in [0.05, 0.1) is 15.3 Å². The molecule has 4 rings (SSSR count). The number of nitro benzene ring substituents is 1. The van der Waals surface area contributed by atoms with Crippen LogP contribution in [0.4, 0.5) is 17.1 Å². The van der Waals surface area contributed by atoms with Gasteiger partial charge >= 0.3 is 0 Å². The van der Waals surface area contributed by atoms with Crippen LogP contribution in [-0.4, -0.2) is 54.7 Å². The Morgan fingerprint density at radius 2 is 1.72 bits per heavy atom. The lowest BCUT2D eigenvalue weighted by Gasteiger charge is -2.08. The van der Waals surface area contributed by atoms with Crippen molar-refractivity contribution in [2.45, 2.75) is 4.90 Å². The lowest BCUT2D eigenvalue weighted by atomic mass is 10.2. The number of H-pyrrole nitrogens is 1. The number of aromatic hydroxyl groups is 1. The zero-order valence-corrected chi connectivity index (χ0v) is 22.8. The molecule has 202 valence electrons. The molecule has 4 aromatic rings. The third-order valence-electron chi connectivity index (χ3n) is 4.91. The van der Waals surface area contributed by atoms with Crippen LogP contribution in [0.25, 0.3) is 10.9 Å². The summed E-state index contributed by atoms with van der Waals surface area (Å²) in [6.45, 7) is 0. The predicted molar refractivity (Wildman–Crippen MR) is 147 cm³/mol. The normalized spacial score (nSPS) is 11.1. The molecule has 3 N–H and O–H groups in total. The van der Waals surface area contributed by atoms with E-state index in [0.717, 1.165) is 10.9 Å². The van der Waals surface area contributed by atoms with E-state index in [1.807, 2.05) is 0 Å². The van der Waals surface area contributed by atoms with Gasteiger partial charge in [-0.15, -0.1) is 10.2 Å². The summed E-state index contributed by atoms with van der Waals surface area (Å²) >= 11 is 3.24. The number of aromatic amines is 1. The van der Waals surface area contributed by atoms with Crippen LogP contribution in [0.1, 0.15) is 10.4 Å². The number of carbonyl (C=O) groups excluding carboxylic acids is 2. The van der Waals surface area contributed by atoms with Gasteiger partial charge < -0.3 is 15.0 Å².